The summed E-state index contributed by atoms with van der Waals surface area (Å²) in [5, 5.41) is 13.3. The van der Waals surface area contributed by atoms with Crippen molar-refractivity contribution in [1.29, 1.82) is 0 Å². The van der Waals surface area contributed by atoms with Crippen molar-refractivity contribution in [3.8, 4) is 0 Å². The van der Waals surface area contributed by atoms with Crippen molar-refractivity contribution in [3.63, 3.8) is 0 Å². The van der Waals surface area contributed by atoms with Crippen molar-refractivity contribution in [2.24, 2.45) is 5.73 Å². The van der Waals surface area contributed by atoms with Crippen molar-refractivity contribution in [2.45, 2.75) is 32.4 Å². The second kappa shape index (κ2) is 7.38. The van der Waals surface area contributed by atoms with Gasteiger partial charge in [-0.3, -0.25) is 4.79 Å². The maximum Gasteiger partial charge on any atom is 0.248 e. The molecule has 0 spiro atoms. The Labute approximate surface area is 120 Å². The summed E-state index contributed by atoms with van der Waals surface area (Å²) in [6.45, 7) is 5.36. The first-order valence-corrected chi connectivity index (χ1v) is 6.67. The number of rotatable bonds is 8. The van der Waals surface area contributed by atoms with E-state index < -0.39 is 11.5 Å². The summed E-state index contributed by atoms with van der Waals surface area (Å²) < 4.78 is 4.97. The van der Waals surface area contributed by atoms with E-state index in [0.29, 0.717) is 31.7 Å². The van der Waals surface area contributed by atoms with E-state index in [4.69, 9.17) is 10.5 Å². The Bertz CT molecular complexity index is 458. The number of methoxy groups -OCH3 is 1. The van der Waals surface area contributed by atoms with Gasteiger partial charge in [0.15, 0.2) is 0 Å². The molecule has 0 aliphatic rings. The molecule has 0 saturated carbocycles. The predicted molar refractivity (Wildman–Crippen MR) is 78.5 cm³/mol. The van der Waals surface area contributed by atoms with Crippen LogP contribution in [0.15, 0.2) is 18.2 Å². The fourth-order valence-electron chi connectivity index (χ4n) is 1.92. The molecule has 5 heteroatoms. The smallest absolute Gasteiger partial charge is 0.248 e. The summed E-state index contributed by atoms with van der Waals surface area (Å²) in [7, 11) is 1.62. The third-order valence-corrected chi connectivity index (χ3v) is 3.29. The van der Waals surface area contributed by atoms with Gasteiger partial charge in [0, 0.05) is 38.8 Å². The lowest BCUT2D eigenvalue weighted by Crippen LogP contribution is -2.38. The van der Waals surface area contributed by atoms with Crippen LogP contribution in [0.2, 0.25) is 0 Å². The van der Waals surface area contributed by atoms with Gasteiger partial charge in [0.1, 0.15) is 0 Å². The number of ether oxygens (including phenoxy) is 1. The van der Waals surface area contributed by atoms with Gasteiger partial charge in [-0.2, -0.15) is 0 Å². The van der Waals surface area contributed by atoms with E-state index in [9.17, 15) is 9.90 Å². The Kier molecular flexibility index (Phi) is 6.13. The van der Waals surface area contributed by atoms with Gasteiger partial charge in [0.25, 0.3) is 0 Å². The molecule has 20 heavy (non-hydrogen) atoms. The van der Waals surface area contributed by atoms with Crippen LogP contribution in [0, 0.1) is 6.92 Å². The minimum Gasteiger partial charge on any atom is -0.389 e. The molecule has 0 bridgehead atoms. The molecule has 1 aromatic carbocycles. The largest absolute Gasteiger partial charge is 0.389 e. The Hall–Kier alpha value is -1.43. The first-order chi connectivity index (χ1) is 9.35. The molecule has 4 N–H and O–H groups in total. The number of nitrogens with one attached hydrogen (secondary N) is 1. The third kappa shape index (κ3) is 5.28. The van der Waals surface area contributed by atoms with Gasteiger partial charge < -0.3 is 20.9 Å². The predicted octanol–water partition coefficient (Wildman–Crippen LogP) is 0.971. The quantitative estimate of drug-likeness (QED) is 0.662. The van der Waals surface area contributed by atoms with Crippen LogP contribution in [-0.4, -0.2) is 36.9 Å². The van der Waals surface area contributed by atoms with E-state index >= 15 is 0 Å². The van der Waals surface area contributed by atoms with Crippen molar-refractivity contribution in [1.82, 2.24) is 5.32 Å². The molecule has 0 heterocycles. The highest BCUT2D eigenvalue weighted by Crippen LogP contribution is 2.12. The number of nitrogens with two attached hydrogens (primary N) is 1. The molecular formula is C15H24N2O3. The first-order valence-electron chi connectivity index (χ1n) is 6.67. The molecular weight excluding hydrogens is 256 g/mol. The zero-order valence-electron chi connectivity index (χ0n) is 12.4. The molecule has 1 unspecified atom stereocenters. The Morgan fingerprint density at radius 2 is 2.20 bits per heavy atom. The Morgan fingerprint density at radius 1 is 1.50 bits per heavy atom. The normalized spacial score (nSPS) is 14.0. The van der Waals surface area contributed by atoms with Crippen LogP contribution in [0.4, 0.5) is 0 Å². The van der Waals surface area contributed by atoms with E-state index in [1.165, 1.54) is 0 Å². The third-order valence-electron chi connectivity index (χ3n) is 3.29. The average molecular weight is 280 g/mol. The lowest BCUT2D eigenvalue weighted by molar-refractivity contribution is 0.0247. The van der Waals surface area contributed by atoms with Gasteiger partial charge >= 0.3 is 0 Å². The number of aliphatic hydroxyl groups is 1. The van der Waals surface area contributed by atoms with Gasteiger partial charge in [-0.1, -0.05) is 6.07 Å². The molecule has 1 rings (SSSR count). The number of primary amides is 1. The zero-order chi connectivity index (χ0) is 15.2. The summed E-state index contributed by atoms with van der Waals surface area (Å²) in [6, 6.07) is 5.38. The molecule has 1 aromatic rings. The van der Waals surface area contributed by atoms with E-state index in [2.05, 4.69) is 5.32 Å². The zero-order valence-corrected chi connectivity index (χ0v) is 12.4. The van der Waals surface area contributed by atoms with Crippen LogP contribution in [0.1, 0.15) is 34.8 Å². The van der Waals surface area contributed by atoms with Gasteiger partial charge in [-0.05, 0) is 37.1 Å². The number of benzene rings is 1. The number of aryl methyl sites for hydroxylation is 1. The molecule has 0 fully saturated rings. The summed E-state index contributed by atoms with van der Waals surface area (Å²) >= 11 is 0. The van der Waals surface area contributed by atoms with Crippen LogP contribution >= 0.6 is 0 Å². The van der Waals surface area contributed by atoms with Crippen molar-refractivity contribution in [2.75, 3.05) is 20.3 Å². The van der Waals surface area contributed by atoms with E-state index in [1.54, 1.807) is 26.2 Å². The SMILES string of the molecule is COCCC(C)(O)CNCc1ccc(C(N)=O)cc1C. The Morgan fingerprint density at radius 3 is 2.75 bits per heavy atom. The number of amides is 1. The standard InChI is InChI=1S/C15H24N2O3/c1-11-8-12(14(16)18)4-5-13(11)9-17-10-15(2,19)6-7-20-3/h4-5,8,17,19H,6-7,9-10H2,1-3H3,(H2,16,18). The second-order valence-electron chi connectivity index (χ2n) is 5.35. The fraction of sp³-hybridized carbons (Fsp3) is 0.533. The average Bonchev–Trinajstić information content (AvgIpc) is 2.38. The fourth-order valence-corrected chi connectivity index (χ4v) is 1.92. The first kappa shape index (κ1) is 16.6. The molecule has 1 atom stereocenters. The van der Waals surface area contributed by atoms with E-state index in [1.807, 2.05) is 13.0 Å². The minimum absolute atomic E-state index is 0.421. The monoisotopic (exact) mass is 280 g/mol. The summed E-state index contributed by atoms with van der Waals surface area (Å²) in [5.41, 5.74) is 7.04. The lowest BCUT2D eigenvalue weighted by Gasteiger charge is -2.23. The van der Waals surface area contributed by atoms with Gasteiger partial charge in [0.2, 0.25) is 5.91 Å². The maximum absolute atomic E-state index is 11.1. The van der Waals surface area contributed by atoms with Gasteiger partial charge in [0.05, 0.1) is 5.60 Å². The minimum atomic E-state index is -0.795. The molecule has 0 radical (unpaired) electrons. The number of carbonyl (C=O) groups is 1. The second-order valence-corrected chi connectivity index (χ2v) is 5.35. The van der Waals surface area contributed by atoms with Gasteiger partial charge in [-0.25, -0.2) is 0 Å². The van der Waals surface area contributed by atoms with Crippen LogP contribution in [0.5, 0.6) is 0 Å². The van der Waals surface area contributed by atoms with Crippen molar-refractivity contribution >= 4 is 5.91 Å². The lowest BCUT2D eigenvalue weighted by atomic mass is 10.0. The summed E-state index contributed by atoms with van der Waals surface area (Å²) in [4.78, 5) is 11.1. The highest BCUT2D eigenvalue weighted by atomic mass is 16.5. The highest BCUT2D eigenvalue weighted by molar-refractivity contribution is 5.93. The van der Waals surface area contributed by atoms with Crippen LogP contribution in [0.3, 0.4) is 0 Å². The molecule has 0 aliphatic carbocycles. The van der Waals surface area contributed by atoms with E-state index in [-0.39, 0.29) is 0 Å². The van der Waals surface area contributed by atoms with Crippen molar-refractivity contribution in [3.05, 3.63) is 34.9 Å². The summed E-state index contributed by atoms with van der Waals surface area (Å²) in [6.07, 6.45) is 0.579. The maximum atomic E-state index is 11.1. The number of hydrogen-bond acceptors (Lipinski definition) is 4. The molecule has 1 amide bonds. The number of hydrogen-bond donors (Lipinski definition) is 3. The molecule has 0 saturated heterocycles. The Balaban J connectivity index is 2.52. The van der Waals surface area contributed by atoms with Crippen molar-refractivity contribution < 1.29 is 14.6 Å². The molecule has 5 nitrogen and oxygen atoms in total. The molecule has 112 valence electrons. The van der Waals surface area contributed by atoms with Gasteiger partial charge in [-0.15, -0.1) is 0 Å². The summed E-state index contributed by atoms with van der Waals surface area (Å²) in [5.74, 6) is -0.421. The van der Waals surface area contributed by atoms with E-state index in [0.717, 1.165) is 11.1 Å². The molecule has 0 aliphatic heterocycles. The van der Waals surface area contributed by atoms with Crippen LogP contribution in [0.25, 0.3) is 0 Å². The molecule has 0 aromatic heterocycles. The van der Waals surface area contributed by atoms with Crippen LogP contribution in [-0.2, 0) is 11.3 Å². The topological polar surface area (TPSA) is 84.6 Å². The highest BCUT2D eigenvalue weighted by Gasteiger charge is 2.19. The number of carbonyl (C=O) groups excluding carboxylic acids is 1. The van der Waals surface area contributed by atoms with Crippen LogP contribution < -0.4 is 11.1 Å².